The first-order valence-corrected chi connectivity index (χ1v) is 7.34. The van der Waals surface area contributed by atoms with Crippen LogP contribution in [0.2, 0.25) is 0 Å². The van der Waals surface area contributed by atoms with Gasteiger partial charge in [-0.15, -0.1) is 0 Å². The maximum Gasteiger partial charge on any atom is 0.307 e. The molecule has 2 aliphatic rings. The number of ether oxygens (including phenoxy) is 1. The van der Waals surface area contributed by atoms with E-state index in [1.54, 1.807) is 0 Å². The maximum absolute atomic E-state index is 11.8. The summed E-state index contributed by atoms with van der Waals surface area (Å²) in [5.41, 5.74) is -0.0213. The molecule has 2 saturated heterocycles. The van der Waals surface area contributed by atoms with Crippen molar-refractivity contribution in [1.82, 2.24) is 10.2 Å². The number of fused-ring (bicyclic) bond motifs is 1. The summed E-state index contributed by atoms with van der Waals surface area (Å²) >= 11 is 0. The van der Waals surface area contributed by atoms with Crippen molar-refractivity contribution in [2.75, 3.05) is 26.2 Å². The van der Waals surface area contributed by atoms with Gasteiger partial charge in [-0.2, -0.15) is 0 Å². The van der Waals surface area contributed by atoms with Crippen LogP contribution in [0.25, 0.3) is 0 Å². The number of carbonyl (C=O) groups is 1. The van der Waals surface area contributed by atoms with E-state index in [1.165, 1.54) is 19.4 Å². The van der Waals surface area contributed by atoms with E-state index < -0.39 is 0 Å². The zero-order chi connectivity index (χ0) is 13.0. The Morgan fingerprint density at radius 1 is 1.44 bits per heavy atom. The number of rotatable bonds is 5. The molecule has 2 heterocycles. The lowest BCUT2D eigenvalue weighted by Gasteiger charge is -2.44. The van der Waals surface area contributed by atoms with Crippen molar-refractivity contribution in [3.05, 3.63) is 0 Å². The molecular weight excluding hydrogens is 228 g/mol. The van der Waals surface area contributed by atoms with E-state index in [0.29, 0.717) is 19.1 Å². The first-order chi connectivity index (χ1) is 8.69. The molecule has 0 spiro atoms. The van der Waals surface area contributed by atoms with Crippen LogP contribution in [-0.4, -0.2) is 48.7 Å². The lowest BCUT2D eigenvalue weighted by Crippen LogP contribution is -2.56. The van der Waals surface area contributed by atoms with Gasteiger partial charge in [0.1, 0.15) is 0 Å². The second kappa shape index (κ2) is 6.02. The molecule has 2 unspecified atom stereocenters. The van der Waals surface area contributed by atoms with Gasteiger partial charge in [-0.3, -0.25) is 4.79 Å². The maximum atomic E-state index is 11.8. The van der Waals surface area contributed by atoms with E-state index in [1.807, 2.05) is 6.92 Å². The first kappa shape index (κ1) is 13.8. The van der Waals surface area contributed by atoms with E-state index in [-0.39, 0.29) is 11.5 Å². The molecule has 0 aromatic rings. The zero-order valence-electron chi connectivity index (χ0n) is 11.7. The Kier molecular flexibility index (Phi) is 4.62. The van der Waals surface area contributed by atoms with Crippen LogP contribution >= 0.6 is 0 Å². The highest BCUT2D eigenvalue weighted by atomic mass is 16.5. The summed E-state index contributed by atoms with van der Waals surface area (Å²) in [6.45, 7) is 7.76. The third-order valence-corrected chi connectivity index (χ3v) is 4.34. The number of hydrogen-bond acceptors (Lipinski definition) is 4. The molecule has 4 nitrogen and oxygen atoms in total. The predicted octanol–water partition coefficient (Wildman–Crippen LogP) is 1.55. The largest absolute Gasteiger partial charge is 0.466 e. The van der Waals surface area contributed by atoms with Crippen LogP contribution in [0.1, 0.15) is 46.0 Å². The number of nitrogens with zero attached hydrogens (tertiary/aromatic N) is 1. The van der Waals surface area contributed by atoms with Gasteiger partial charge in [0, 0.05) is 18.1 Å². The standard InChI is InChI=1S/C14H26N2O2/c1-3-15-14(11-13(17)18-4-2)7-9-16-8-5-6-12(16)10-14/h12,15H,3-11H2,1-2H3. The zero-order valence-corrected chi connectivity index (χ0v) is 11.7. The van der Waals surface area contributed by atoms with E-state index in [9.17, 15) is 4.79 Å². The van der Waals surface area contributed by atoms with Crippen LogP contribution in [0.5, 0.6) is 0 Å². The number of nitrogens with one attached hydrogen (secondary N) is 1. The van der Waals surface area contributed by atoms with Gasteiger partial charge >= 0.3 is 5.97 Å². The van der Waals surface area contributed by atoms with Crippen LogP contribution in [0.15, 0.2) is 0 Å². The third kappa shape index (κ3) is 3.04. The normalized spacial score (nSPS) is 32.2. The van der Waals surface area contributed by atoms with Crippen molar-refractivity contribution >= 4 is 5.97 Å². The van der Waals surface area contributed by atoms with Gasteiger partial charge < -0.3 is 15.0 Å². The summed E-state index contributed by atoms with van der Waals surface area (Å²) in [6, 6.07) is 0.673. The van der Waals surface area contributed by atoms with E-state index >= 15 is 0 Å². The summed E-state index contributed by atoms with van der Waals surface area (Å²) in [7, 11) is 0. The topological polar surface area (TPSA) is 41.6 Å². The molecule has 0 radical (unpaired) electrons. The molecular formula is C14H26N2O2. The Labute approximate surface area is 110 Å². The molecule has 2 fully saturated rings. The summed E-state index contributed by atoms with van der Waals surface area (Å²) in [4.78, 5) is 14.4. The van der Waals surface area contributed by atoms with Crippen molar-refractivity contribution in [3.63, 3.8) is 0 Å². The molecule has 0 saturated carbocycles. The van der Waals surface area contributed by atoms with Crippen molar-refractivity contribution < 1.29 is 9.53 Å². The van der Waals surface area contributed by atoms with Gasteiger partial charge in [0.2, 0.25) is 0 Å². The Morgan fingerprint density at radius 2 is 2.28 bits per heavy atom. The first-order valence-electron chi connectivity index (χ1n) is 7.34. The van der Waals surface area contributed by atoms with Crippen molar-refractivity contribution in [2.24, 2.45) is 0 Å². The summed E-state index contributed by atoms with van der Waals surface area (Å²) in [5, 5.41) is 3.57. The number of carbonyl (C=O) groups excluding carboxylic acids is 1. The smallest absolute Gasteiger partial charge is 0.307 e. The monoisotopic (exact) mass is 254 g/mol. The van der Waals surface area contributed by atoms with Crippen LogP contribution in [-0.2, 0) is 9.53 Å². The second-order valence-corrected chi connectivity index (χ2v) is 5.58. The second-order valence-electron chi connectivity index (χ2n) is 5.58. The molecule has 2 aliphatic heterocycles. The minimum absolute atomic E-state index is 0.0213. The highest BCUT2D eigenvalue weighted by molar-refractivity contribution is 5.71. The van der Waals surface area contributed by atoms with Gasteiger partial charge in [-0.1, -0.05) is 6.92 Å². The van der Waals surface area contributed by atoms with Crippen LogP contribution in [0.3, 0.4) is 0 Å². The lowest BCUT2D eigenvalue weighted by molar-refractivity contribution is -0.145. The van der Waals surface area contributed by atoms with Crippen LogP contribution in [0, 0.1) is 0 Å². The summed E-state index contributed by atoms with van der Waals surface area (Å²) in [6.07, 6.45) is 5.29. The number of piperidine rings is 1. The molecule has 18 heavy (non-hydrogen) atoms. The molecule has 104 valence electrons. The molecule has 1 N–H and O–H groups in total. The fourth-order valence-electron chi connectivity index (χ4n) is 3.58. The molecule has 2 atom stereocenters. The van der Waals surface area contributed by atoms with E-state index in [4.69, 9.17) is 4.74 Å². The lowest BCUT2D eigenvalue weighted by atomic mass is 9.80. The molecule has 2 rings (SSSR count). The van der Waals surface area contributed by atoms with Crippen LogP contribution < -0.4 is 5.32 Å². The van der Waals surface area contributed by atoms with Crippen LogP contribution in [0.4, 0.5) is 0 Å². The molecule has 0 aromatic carbocycles. The quantitative estimate of drug-likeness (QED) is 0.756. The highest BCUT2D eigenvalue weighted by Crippen LogP contribution is 2.35. The average molecular weight is 254 g/mol. The Bertz CT molecular complexity index is 296. The predicted molar refractivity (Wildman–Crippen MR) is 71.5 cm³/mol. The summed E-state index contributed by atoms with van der Waals surface area (Å²) in [5.74, 6) is -0.0510. The molecule has 0 amide bonds. The van der Waals surface area contributed by atoms with Crippen molar-refractivity contribution in [1.29, 1.82) is 0 Å². The van der Waals surface area contributed by atoms with E-state index in [0.717, 1.165) is 25.9 Å². The molecule has 0 aliphatic carbocycles. The Hall–Kier alpha value is -0.610. The molecule has 0 bridgehead atoms. The highest BCUT2D eigenvalue weighted by Gasteiger charge is 2.42. The number of esters is 1. The average Bonchev–Trinajstić information content (AvgIpc) is 2.76. The van der Waals surface area contributed by atoms with Gasteiger partial charge in [0.25, 0.3) is 0 Å². The van der Waals surface area contributed by atoms with Gasteiger partial charge in [-0.05, 0) is 45.7 Å². The van der Waals surface area contributed by atoms with Crippen molar-refractivity contribution in [3.8, 4) is 0 Å². The van der Waals surface area contributed by atoms with E-state index in [2.05, 4.69) is 17.1 Å². The fourth-order valence-corrected chi connectivity index (χ4v) is 3.58. The van der Waals surface area contributed by atoms with Crippen molar-refractivity contribution in [2.45, 2.75) is 57.5 Å². The summed E-state index contributed by atoms with van der Waals surface area (Å²) < 4.78 is 5.13. The fraction of sp³-hybridized carbons (Fsp3) is 0.929. The minimum atomic E-state index is -0.0510. The minimum Gasteiger partial charge on any atom is -0.466 e. The Balaban J connectivity index is 2.00. The van der Waals surface area contributed by atoms with Gasteiger partial charge in [0.05, 0.1) is 13.0 Å². The third-order valence-electron chi connectivity index (χ3n) is 4.34. The van der Waals surface area contributed by atoms with Gasteiger partial charge in [-0.25, -0.2) is 0 Å². The molecule has 4 heteroatoms. The SMILES string of the molecule is CCNC1(CC(=O)OCC)CCN2CCCC2C1. The molecule has 0 aromatic heterocycles. The Morgan fingerprint density at radius 3 is 3.00 bits per heavy atom. The number of hydrogen-bond donors (Lipinski definition) is 1. The van der Waals surface area contributed by atoms with Gasteiger partial charge in [0.15, 0.2) is 0 Å².